The third kappa shape index (κ3) is 4.18. The first-order valence-corrected chi connectivity index (χ1v) is 8.36. The Morgan fingerprint density at radius 3 is 2.77 bits per heavy atom. The highest BCUT2D eigenvalue weighted by Gasteiger charge is 2.19. The molecule has 1 aliphatic rings. The van der Waals surface area contributed by atoms with Gasteiger partial charge in [0.2, 0.25) is 0 Å². The van der Waals surface area contributed by atoms with E-state index in [9.17, 15) is 9.59 Å². The lowest BCUT2D eigenvalue weighted by Gasteiger charge is -2.23. The summed E-state index contributed by atoms with van der Waals surface area (Å²) >= 11 is 0. The lowest BCUT2D eigenvalue weighted by molar-refractivity contribution is -0.143. The van der Waals surface area contributed by atoms with Crippen molar-refractivity contribution in [1.82, 2.24) is 9.78 Å². The quantitative estimate of drug-likeness (QED) is 0.758. The lowest BCUT2D eigenvalue weighted by atomic mass is 9.95. The van der Waals surface area contributed by atoms with Crippen LogP contribution in [0.25, 0.3) is 0 Å². The number of hydrogen-bond donors (Lipinski definition) is 0. The van der Waals surface area contributed by atoms with Crippen molar-refractivity contribution >= 4 is 5.97 Å². The van der Waals surface area contributed by atoms with Crippen LogP contribution in [0, 0.1) is 6.92 Å². The van der Waals surface area contributed by atoms with Crippen LogP contribution >= 0.6 is 0 Å². The highest BCUT2D eigenvalue weighted by molar-refractivity contribution is 5.69. The van der Waals surface area contributed by atoms with Crippen molar-refractivity contribution in [3.05, 3.63) is 27.7 Å². The summed E-state index contributed by atoms with van der Waals surface area (Å²) in [6.07, 6.45) is 9.07. The maximum atomic E-state index is 12.7. The predicted octanol–water partition coefficient (Wildman–Crippen LogP) is 2.94. The second-order valence-electron chi connectivity index (χ2n) is 6.07. The Morgan fingerprint density at radius 1 is 1.36 bits per heavy atom. The van der Waals surface area contributed by atoms with Gasteiger partial charge in [-0.25, -0.2) is 4.68 Å². The highest BCUT2D eigenvalue weighted by Crippen LogP contribution is 2.26. The smallest absolute Gasteiger partial charge is 0.305 e. The fraction of sp³-hybridized carbons (Fsp3) is 0.706. The molecule has 1 aromatic heterocycles. The molecule has 1 aliphatic carbocycles. The number of hydrogen-bond acceptors (Lipinski definition) is 4. The Bertz CT molecular complexity index is 560. The molecular weight excluding hydrogens is 280 g/mol. The third-order valence-corrected chi connectivity index (χ3v) is 4.31. The third-order valence-electron chi connectivity index (χ3n) is 4.31. The van der Waals surface area contributed by atoms with Gasteiger partial charge in [0.1, 0.15) is 0 Å². The van der Waals surface area contributed by atoms with Gasteiger partial charge in [-0.15, -0.1) is 0 Å². The molecule has 0 unspecified atom stereocenters. The van der Waals surface area contributed by atoms with Crippen LogP contribution in [0.5, 0.6) is 0 Å². The average Bonchev–Trinajstić information content (AvgIpc) is 2.52. The molecule has 5 heteroatoms. The van der Waals surface area contributed by atoms with E-state index in [1.54, 1.807) is 10.9 Å². The van der Waals surface area contributed by atoms with Crippen molar-refractivity contribution in [1.29, 1.82) is 0 Å². The molecule has 0 N–H and O–H groups in total. The Morgan fingerprint density at radius 2 is 2.09 bits per heavy atom. The van der Waals surface area contributed by atoms with Crippen molar-refractivity contribution in [2.45, 2.75) is 71.3 Å². The van der Waals surface area contributed by atoms with Crippen LogP contribution in [0.15, 0.2) is 11.0 Å². The number of esters is 1. The maximum absolute atomic E-state index is 12.7. The van der Waals surface area contributed by atoms with Gasteiger partial charge in [0.15, 0.2) is 0 Å². The lowest BCUT2D eigenvalue weighted by Crippen LogP contribution is -2.32. The zero-order valence-electron chi connectivity index (χ0n) is 13.6. The van der Waals surface area contributed by atoms with Crippen molar-refractivity contribution in [3.63, 3.8) is 0 Å². The number of aryl methyl sites for hydroxylation is 1. The van der Waals surface area contributed by atoms with Crippen LogP contribution in [-0.2, 0) is 16.0 Å². The van der Waals surface area contributed by atoms with Gasteiger partial charge in [-0.3, -0.25) is 9.59 Å². The molecule has 2 rings (SSSR count). The van der Waals surface area contributed by atoms with Gasteiger partial charge in [0, 0.05) is 18.4 Å². The first-order chi connectivity index (χ1) is 10.6. The number of nitrogens with zero attached hydrogens (tertiary/aromatic N) is 2. The average molecular weight is 306 g/mol. The number of ether oxygens (including phenoxy) is 1. The Hall–Kier alpha value is -1.65. The standard InChI is InChI=1S/C17H26N2O3/c1-3-7-16(20)22-11-10-15-13(2)12-18-19(17(15)21)14-8-5-4-6-9-14/h12,14H,3-11H2,1-2H3. The molecule has 0 radical (unpaired) electrons. The molecule has 1 heterocycles. The first kappa shape index (κ1) is 16.7. The van der Waals surface area contributed by atoms with E-state index in [4.69, 9.17) is 4.74 Å². The van der Waals surface area contributed by atoms with E-state index >= 15 is 0 Å². The fourth-order valence-corrected chi connectivity index (χ4v) is 3.02. The fourth-order valence-electron chi connectivity index (χ4n) is 3.02. The molecule has 0 amide bonds. The van der Waals surface area contributed by atoms with E-state index in [0.29, 0.717) is 12.8 Å². The second kappa shape index (κ2) is 8.11. The summed E-state index contributed by atoms with van der Waals surface area (Å²) < 4.78 is 6.82. The Balaban J connectivity index is 2.06. The zero-order chi connectivity index (χ0) is 15.9. The molecule has 1 saturated carbocycles. The Kier molecular flexibility index (Phi) is 6.16. The van der Waals surface area contributed by atoms with Crippen LogP contribution < -0.4 is 5.56 Å². The van der Waals surface area contributed by atoms with E-state index in [-0.39, 0.29) is 24.2 Å². The van der Waals surface area contributed by atoms with E-state index < -0.39 is 0 Å². The minimum absolute atomic E-state index is 0.0153. The van der Waals surface area contributed by atoms with Crippen molar-refractivity contribution in [2.75, 3.05) is 6.61 Å². The van der Waals surface area contributed by atoms with Crippen molar-refractivity contribution < 1.29 is 9.53 Å². The van der Waals surface area contributed by atoms with Crippen molar-refractivity contribution in [3.8, 4) is 0 Å². The van der Waals surface area contributed by atoms with Crippen LogP contribution in [-0.4, -0.2) is 22.4 Å². The van der Waals surface area contributed by atoms with E-state index in [1.807, 2.05) is 13.8 Å². The summed E-state index contributed by atoms with van der Waals surface area (Å²) in [5.41, 5.74) is 1.59. The van der Waals surface area contributed by atoms with E-state index in [1.165, 1.54) is 6.42 Å². The second-order valence-corrected chi connectivity index (χ2v) is 6.07. The summed E-state index contributed by atoms with van der Waals surface area (Å²) in [4.78, 5) is 24.0. The molecule has 0 aliphatic heterocycles. The SMILES string of the molecule is CCCC(=O)OCCc1c(C)cnn(C2CCCCC2)c1=O. The minimum Gasteiger partial charge on any atom is -0.465 e. The van der Waals surface area contributed by atoms with Crippen molar-refractivity contribution in [2.24, 2.45) is 0 Å². The van der Waals surface area contributed by atoms with Gasteiger partial charge in [0.05, 0.1) is 18.8 Å². The maximum Gasteiger partial charge on any atom is 0.305 e. The normalized spacial score (nSPS) is 15.7. The van der Waals surface area contributed by atoms with Gasteiger partial charge in [-0.2, -0.15) is 5.10 Å². The van der Waals surface area contributed by atoms with Crippen LogP contribution in [0.1, 0.15) is 69.0 Å². The number of rotatable bonds is 6. The summed E-state index contributed by atoms with van der Waals surface area (Å²) in [5, 5.41) is 4.33. The van der Waals surface area contributed by atoms with Gasteiger partial charge in [0.25, 0.3) is 5.56 Å². The molecule has 0 aromatic carbocycles. The topological polar surface area (TPSA) is 61.2 Å². The molecule has 0 bridgehead atoms. The number of carbonyl (C=O) groups is 1. The Labute approximate surface area is 131 Å². The summed E-state index contributed by atoms with van der Waals surface area (Å²) in [5.74, 6) is -0.193. The number of carbonyl (C=O) groups excluding carboxylic acids is 1. The zero-order valence-corrected chi connectivity index (χ0v) is 13.6. The monoisotopic (exact) mass is 306 g/mol. The molecule has 1 fully saturated rings. The molecular formula is C17H26N2O3. The van der Waals surface area contributed by atoms with Crippen LogP contribution in [0.2, 0.25) is 0 Å². The van der Waals surface area contributed by atoms with E-state index in [2.05, 4.69) is 5.10 Å². The van der Waals surface area contributed by atoms with Gasteiger partial charge >= 0.3 is 5.97 Å². The minimum atomic E-state index is -0.193. The summed E-state index contributed by atoms with van der Waals surface area (Å²) in [7, 11) is 0. The van der Waals surface area contributed by atoms with Gasteiger partial charge in [-0.05, 0) is 31.7 Å². The van der Waals surface area contributed by atoms with Crippen LogP contribution in [0.4, 0.5) is 0 Å². The highest BCUT2D eigenvalue weighted by atomic mass is 16.5. The molecule has 0 saturated heterocycles. The molecule has 1 aromatic rings. The first-order valence-electron chi connectivity index (χ1n) is 8.36. The molecule has 122 valence electrons. The molecule has 0 spiro atoms. The summed E-state index contributed by atoms with van der Waals surface area (Å²) in [6.45, 7) is 4.10. The molecule has 0 atom stereocenters. The largest absolute Gasteiger partial charge is 0.465 e. The van der Waals surface area contributed by atoms with Gasteiger partial charge in [-0.1, -0.05) is 26.2 Å². The molecule has 5 nitrogen and oxygen atoms in total. The predicted molar refractivity (Wildman–Crippen MR) is 84.9 cm³/mol. The molecule has 22 heavy (non-hydrogen) atoms. The number of aromatic nitrogens is 2. The summed E-state index contributed by atoms with van der Waals surface area (Å²) in [6, 6.07) is 0.225. The van der Waals surface area contributed by atoms with Gasteiger partial charge < -0.3 is 4.74 Å². The van der Waals surface area contributed by atoms with Crippen LogP contribution in [0.3, 0.4) is 0 Å². The van der Waals surface area contributed by atoms with E-state index in [0.717, 1.165) is 43.2 Å².